The van der Waals surface area contributed by atoms with Gasteiger partial charge in [0.15, 0.2) is 0 Å². The summed E-state index contributed by atoms with van der Waals surface area (Å²) in [4.78, 5) is 35.9. The van der Waals surface area contributed by atoms with Crippen molar-refractivity contribution in [3.05, 3.63) is 54.5 Å². The van der Waals surface area contributed by atoms with E-state index in [9.17, 15) is 14.4 Å². The number of hydrogen-bond acceptors (Lipinski definition) is 3. The van der Waals surface area contributed by atoms with Crippen LogP contribution in [0.1, 0.15) is 10.4 Å². The third-order valence-electron chi connectivity index (χ3n) is 2.58. The zero-order valence-electron chi connectivity index (χ0n) is 10.0. The first-order valence-corrected chi connectivity index (χ1v) is 7.78. The van der Waals surface area contributed by atoms with Crippen molar-refractivity contribution in [1.82, 2.24) is 5.32 Å². The molecule has 0 aromatic heterocycles. The molecule has 0 saturated heterocycles. The molecular weight excluding hydrogens is 449 g/mol. The van der Waals surface area contributed by atoms with Crippen molar-refractivity contribution in [2.45, 2.75) is 0 Å². The summed E-state index contributed by atoms with van der Waals surface area (Å²) in [6.07, 6.45) is 0. The molecule has 1 aromatic carbocycles. The van der Waals surface area contributed by atoms with Gasteiger partial charge in [-0.15, -0.1) is 0 Å². The predicted molar refractivity (Wildman–Crippen MR) is 86.7 cm³/mol. The van der Waals surface area contributed by atoms with Gasteiger partial charge in [-0.3, -0.25) is 14.4 Å². The monoisotopic (exact) mass is 451 g/mol. The summed E-state index contributed by atoms with van der Waals surface area (Å²) in [5, 5.41) is 2.63. The molecule has 0 atom stereocenters. The summed E-state index contributed by atoms with van der Waals surface area (Å²) in [6, 6.07) is 6.08. The average molecular weight is 454 g/mol. The number of amides is 1. The van der Waals surface area contributed by atoms with E-state index in [4.69, 9.17) is 23.2 Å². The Hall–Kier alpha value is -0.950. The third kappa shape index (κ3) is 3.29. The van der Waals surface area contributed by atoms with Crippen LogP contribution in [0.15, 0.2) is 44.0 Å². The van der Waals surface area contributed by atoms with E-state index >= 15 is 0 Å². The van der Waals surface area contributed by atoms with Crippen molar-refractivity contribution in [3.8, 4) is 0 Å². The van der Waals surface area contributed by atoms with Crippen LogP contribution in [0.4, 0.5) is 0 Å². The van der Waals surface area contributed by atoms with Gasteiger partial charge in [0.2, 0.25) is 11.6 Å². The van der Waals surface area contributed by atoms with Gasteiger partial charge in [0, 0.05) is 10.6 Å². The van der Waals surface area contributed by atoms with Crippen molar-refractivity contribution in [2.24, 2.45) is 0 Å². The highest BCUT2D eigenvalue weighted by Crippen LogP contribution is 2.32. The summed E-state index contributed by atoms with van der Waals surface area (Å²) >= 11 is 17.4. The molecule has 0 spiro atoms. The van der Waals surface area contributed by atoms with Crippen molar-refractivity contribution in [3.63, 3.8) is 0 Å². The highest BCUT2D eigenvalue weighted by Gasteiger charge is 2.32. The van der Waals surface area contributed by atoms with E-state index in [1.54, 1.807) is 12.1 Å². The Bertz CT molecular complexity index is 723. The molecule has 1 aromatic rings. The first kappa shape index (κ1) is 16.4. The summed E-state index contributed by atoms with van der Waals surface area (Å²) in [7, 11) is 0. The molecule has 0 radical (unpaired) electrons. The van der Waals surface area contributed by atoms with Gasteiger partial charge < -0.3 is 5.32 Å². The van der Waals surface area contributed by atoms with Gasteiger partial charge in [0.1, 0.15) is 10.7 Å². The summed E-state index contributed by atoms with van der Waals surface area (Å²) in [5.74, 6) is -1.72. The maximum absolute atomic E-state index is 12.1. The zero-order chi connectivity index (χ0) is 15.7. The maximum Gasteiger partial charge on any atom is 0.255 e. The molecule has 0 bridgehead atoms. The largest absolute Gasteiger partial charge is 0.318 e. The fourth-order valence-corrected chi connectivity index (χ4v) is 2.79. The molecule has 0 saturated carbocycles. The smallest absolute Gasteiger partial charge is 0.255 e. The molecule has 108 valence electrons. The minimum Gasteiger partial charge on any atom is -0.318 e. The van der Waals surface area contributed by atoms with Crippen LogP contribution in [0.25, 0.3) is 0 Å². The van der Waals surface area contributed by atoms with Gasteiger partial charge >= 0.3 is 0 Å². The van der Waals surface area contributed by atoms with Gasteiger partial charge in [-0.1, -0.05) is 23.2 Å². The molecule has 1 aliphatic rings. The van der Waals surface area contributed by atoms with Crippen molar-refractivity contribution >= 4 is 72.5 Å². The molecule has 0 heterocycles. The van der Waals surface area contributed by atoms with Gasteiger partial charge in [0.25, 0.3) is 5.91 Å². The normalized spacial score (nSPS) is 15.6. The molecule has 1 aliphatic carbocycles. The molecule has 21 heavy (non-hydrogen) atoms. The fraction of sp³-hybridized carbons (Fsp3) is 0. The third-order valence-corrected chi connectivity index (χ3v) is 4.94. The van der Waals surface area contributed by atoms with Crippen molar-refractivity contribution in [1.29, 1.82) is 0 Å². The molecule has 1 amide bonds. The summed E-state index contributed by atoms with van der Waals surface area (Å²) in [5.41, 5.74) is 0.125. The lowest BCUT2D eigenvalue weighted by atomic mass is 10.1. The average Bonchev–Trinajstić information content (AvgIpc) is 2.48. The Labute approximate surface area is 146 Å². The summed E-state index contributed by atoms with van der Waals surface area (Å²) < 4.78 is -0.188. The second-order valence-electron chi connectivity index (χ2n) is 3.94. The Balaban J connectivity index is 2.31. The predicted octanol–water partition coefficient (Wildman–Crippen LogP) is 3.67. The first-order chi connectivity index (χ1) is 9.82. The number of allylic oxidation sites excluding steroid dienone is 3. The van der Waals surface area contributed by atoms with E-state index in [1.165, 1.54) is 12.1 Å². The quantitative estimate of drug-likeness (QED) is 0.695. The highest BCUT2D eigenvalue weighted by molar-refractivity contribution is 9.12. The lowest BCUT2D eigenvalue weighted by Gasteiger charge is -2.16. The van der Waals surface area contributed by atoms with Gasteiger partial charge in [0.05, 0.1) is 8.96 Å². The summed E-state index contributed by atoms with van der Waals surface area (Å²) in [6.45, 7) is 0. The second kappa shape index (κ2) is 6.44. The fourth-order valence-electron chi connectivity index (χ4n) is 1.52. The van der Waals surface area contributed by atoms with E-state index in [0.29, 0.717) is 10.6 Å². The van der Waals surface area contributed by atoms with Crippen molar-refractivity contribution in [2.75, 3.05) is 0 Å². The number of carbonyl (C=O) groups excluding carboxylic acids is 3. The number of nitrogens with one attached hydrogen (secondary N) is 1. The van der Waals surface area contributed by atoms with Crippen LogP contribution >= 0.6 is 55.1 Å². The molecule has 2 rings (SSSR count). The zero-order valence-corrected chi connectivity index (χ0v) is 14.7. The standard InChI is InChI=1S/C13H5Br2Cl2NO3/c14-7-9(17)11(19)8(15)10(12(7)20)18-13(21)5-1-3-6(16)4-2-5/h1-4H,(H,18,21). The Morgan fingerprint density at radius 3 is 2.10 bits per heavy atom. The number of benzene rings is 1. The van der Waals surface area contributed by atoms with Gasteiger partial charge in [-0.2, -0.15) is 0 Å². The number of halogens is 4. The molecule has 0 fully saturated rings. The van der Waals surface area contributed by atoms with E-state index in [0.717, 1.165) is 0 Å². The Morgan fingerprint density at radius 1 is 0.952 bits per heavy atom. The molecule has 1 N–H and O–H groups in total. The van der Waals surface area contributed by atoms with Gasteiger partial charge in [-0.25, -0.2) is 0 Å². The lowest BCUT2D eigenvalue weighted by molar-refractivity contribution is -0.115. The second-order valence-corrected chi connectivity index (χ2v) is 6.34. The van der Waals surface area contributed by atoms with Crippen LogP contribution in [-0.2, 0) is 9.59 Å². The number of ketones is 2. The lowest BCUT2D eigenvalue weighted by Crippen LogP contribution is -2.32. The van der Waals surface area contributed by atoms with Crippen LogP contribution in [0, 0.1) is 0 Å². The van der Waals surface area contributed by atoms with Crippen LogP contribution in [0.5, 0.6) is 0 Å². The number of hydrogen-bond donors (Lipinski definition) is 1. The Kier molecular flexibility index (Phi) is 5.03. The topological polar surface area (TPSA) is 63.2 Å². The maximum atomic E-state index is 12.1. The van der Waals surface area contributed by atoms with E-state index < -0.39 is 17.5 Å². The number of carbonyl (C=O) groups is 3. The van der Waals surface area contributed by atoms with Crippen LogP contribution in [-0.4, -0.2) is 17.5 Å². The molecule has 0 aliphatic heterocycles. The molecular formula is C13H5Br2Cl2NO3. The SMILES string of the molecule is O=C1C(Cl)=C(Br)C(=O)C(NC(=O)c2ccc(Cl)cc2)=C1Br. The van der Waals surface area contributed by atoms with E-state index in [-0.39, 0.29) is 19.7 Å². The first-order valence-electron chi connectivity index (χ1n) is 5.44. The van der Waals surface area contributed by atoms with Crippen LogP contribution in [0.2, 0.25) is 5.02 Å². The van der Waals surface area contributed by atoms with Crippen LogP contribution < -0.4 is 5.32 Å². The number of rotatable bonds is 2. The van der Waals surface area contributed by atoms with Crippen molar-refractivity contribution < 1.29 is 14.4 Å². The highest BCUT2D eigenvalue weighted by atomic mass is 79.9. The molecule has 8 heteroatoms. The molecule has 4 nitrogen and oxygen atoms in total. The van der Waals surface area contributed by atoms with Crippen LogP contribution in [0.3, 0.4) is 0 Å². The molecule has 0 unspecified atom stereocenters. The van der Waals surface area contributed by atoms with Gasteiger partial charge in [-0.05, 0) is 56.1 Å². The minimum absolute atomic E-state index is 0.0937. The number of Topliss-reactive ketones (excluding diaryl/α,β-unsaturated/α-hetero) is 2. The van der Waals surface area contributed by atoms with E-state index in [2.05, 4.69) is 37.2 Å². The Morgan fingerprint density at radius 2 is 1.52 bits per heavy atom. The van der Waals surface area contributed by atoms with E-state index in [1.807, 2.05) is 0 Å². The minimum atomic E-state index is -0.589.